The zero-order chi connectivity index (χ0) is 26.7. The van der Waals surface area contributed by atoms with E-state index in [0.29, 0.717) is 12.0 Å². The predicted molar refractivity (Wildman–Crippen MR) is 162 cm³/mol. The van der Waals surface area contributed by atoms with Gasteiger partial charge in [0.25, 0.3) is 10.1 Å². The summed E-state index contributed by atoms with van der Waals surface area (Å²) in [5, 5.41) is 0. The minimum atomic E-state index is -4.08. The molecule has 3 nitrogen and oxygen atoms in total. The van der Waals surface area contributed by atoms with Crippen molar-refractivity contribution < 1.29 is 13.0 Å². The molecule has 2 rings (SSSR count). The summed E-state index contributed by atoms with van der Waals surface area (Å²) in [5.41, 5.74) is 2.31. The summed E-state index contributed by atoms with van der Waals surface area (Å²) in [7, 11) is -5.18. The van der Waals surface area contributed by atoms with Gasteiger partial charge in [-0.25, -0.2) is 0 Å². The number of aryl methyl sites for hydroxylation is 1. The van der Waals surface area contributed by atoms with Gasteiger partial charge in [0.1, 0.15) is 0 Å². The third-order valence-corrected chi connectivity index (χ3v) is 13.5. The average Bonchev–Trinajstić information content (AvgIpc) is 2.88. The van der Waals surface area contributed by atoms with E-state index in [1.165, 1.54) is 50.8 Å². The van der Waals surface area contributed by atoms with Crippen molar-refractivity contribution in [3.63, 3.8) is 0 Å². The van der Waals surface area contributed by atoms with E-state index in [1.54, 1.807) is 42.2 Å². The molecule has 36 heavy (non-hydrogen) atoms. The molecule has 0 bridgehead atoms. The summed E-state index contributed by atoms with van der Waals surface area (Å²) in [6.45, 7) is 9.18. The van der Waals surface area contributed by atoms with Crippen LogP contribution in [0.5, 0.6) is 0 Å². The summed E-state index contributed by atoms with van der Waals surface area (Å²) in [4.78, 5) is 0.0477. The Morgan fingerprint density at radius 2 is 1.14 bits per heavy atom. The van der Waals surface area contributed by atoms with E-state index in [4.69, 9.17) is 4.55 Å². The van der Waals surface area contributed by atoms with Crippen molar-refractivity contribution in [2.45, 2.75) is 109 Å². The monoisotopic (exact) mass is 536 g/mol. The Kier molecular flexibility index (Phi) is 17.3. The van der Waals surface area contributed by atoms with Crippen LogP contribution < -0.4 is 0 Å². The van der Waals surface area contributed by atoms with Crippen LogP contribution in [0.2, 0.25) is 0 Å². The van der Waals surface area contributed by atoms with E-state index in [0.717, 1.165) is 25.7 Å². The van der Waals surface area contributed by atoms with Crippen LogP contribution in [-0.2, 0) is 22.7 Å². The first-order chi connectivity index (χ1) is 17.3. The molecule has 0 atom stereocenters. The molecule has 206 valence electrons. The summed E-state index contributed by atoms with van der Waals surface area (Å²) in [5.74, 6) is 0. The van der Waals surface area contributed by atoms with Gasteiger partial charge in [-0.05, 0) is 24.5 Å². The van der Waals surface area contributed by atoms with E-state index < -0.39 is 17.4 Å². The number of rotatable bonds is 17. The van der Waals surface area contributed by atoms with Gasteiger partial charge in [-0.1, -0.05) is 44.4 Å². The Morgan fingerprint density at radius 3 is 1.64 bits per heavy atom. The fourth-order valence-corrected chi connectivity index (χ4v) is 11.5. The summed E-state index contributed by atoms with van der Waals surface area (Å²) < 4.78 is 31.2. The minimum absolute atomic E-state index is 0.0477. The van der Waals surface area contributed by atoms with Crippen molar-refractivity contribution in [3.8, 4) is 0 Å². The third kappa shape index (κ3) is 13.4. The normalized spacial score (nSPS) is 12.1. The first-order valence-corrected chi connectivity index (χ1v) is 18.7. The number of unbranched alkanes of at least 4 members (excludes halogenated alkanes) is 6. The Balaban J connectivity index is 0.000000369. The Bertz CT molecular complexity index is 891. The van der Waals surface area contributed by atoms with Crippen molar-refractivity contribution in [1.82, 2.24) is 0 Å². The van der Waals surface area contributed by atoms with Gasteiger partial charge in [0, 0.05) is 0 Å². The molecule has 0 unspecified atom stereocenters. The molecule has 2 aromatic rings. The van der Waals surface area contributed by atoms with Crippen molar-refractivity contribution in [3.05, 3.63) is 65.7 Å². The van der Waals surface area contributed by atoms with Gasteiger partial charge in [-0.2, -0.15) is 8.42 Å². The van der Waals surface area contributed by atoms with Crippen molar-refractivity contribution in [2.24, 2.45) is 0 Å². The molecule has 1 N–H and O–H groups in total. The fourth-order valence-electron chi connectivity index (χ4n) is 5.03. The first-order valence-electron chi connectivity index (χ1n) is 14.4. The molecule has 0 spiro atoms. The van der Waals surface area contributed by atoms with Crippen molar-refractivity contribution in [1.29, 1.82) is 0 Å². The standard InChI is InChI=1S/C19H35P.C12H18O3S/c1-4-7-15-20(16-8-5-2,17-9-6-3)18-19-13-11-10-12-14-19;1-2-3-4-5-8-11-9-6-7-10-12(11)16(13,14)15/h10-14,20H,4-9,15-18H2,1-3H3;6-7,9-10H,2-5,8H2,1H3,(H,13,14,15). The molecule has 0 heterocycles. The molecule has 0 amide bonds. The summed E-state index contributed by atoms with van der Waals surface area (Å²) in [6.07, 6.45) is 19.6. The summed E-state index contributed by atoms with van der Waals surface area (Å²) in [6, 6.07) is 17.9. The van der Waals surface area contributed by atoms with E-state index in [9.17, 15) is 8.42 Å². The van der Waals surface area contributed by atoms with E-state index in [2.05, 4.69) is 58.0 Å². The van der Waals surface area contributed by atoms with Crippen LogP contribution in [0, 0.1) is 0 Å². The topological polar surface area (TPSA) is 54.4 Å². The van der Waals surface area contributed by atoms with Gasteiger partial charge < -0.3 is 0 Å². The van der Waals surface area contributed by atoms with Crippen LogP contribution in [0.25, 0.3) is 0 Å². The molecule has 0 saturated carbocycles. The van der Waals surface area contributed by atoms with E-state index >= 15 is 0 Å². The third-order valence-electron chi connectivity index (χ3n) is 7.15. The molecule has 0 radical (unpaired) electrons. The quantitative estimate of drug-likeness (QED) is 0.124. The maximum atomic E-state index is 11.1. The molecule has 0 aliphatic heterocycles. The van der Waals surface area contributed by atoms with Crippen LogP contribution >= 0.6 is 7.26 Å². The molecular weight excluding hydrogens is 483 g/mol. The first kappa shape index (κ1) is 32.8. The van der Waals surface area contributed by atoms with Gasteiger partial charge in [-0.3, -0.25) is 4.55 Å². The van der Waals surface area contributed by atoms with Crippen LogP contribution in [0.15, 0.2) is 59.5 Å². The second-order valence-corrected chi connectivity index (χ2v) is 16.6. The van der Waals surface area contributed by atoms with E-state index in [-0.39, 0.29) is 4.90 Å². The predicted octanol–water partition coefficient (Wildman–Crippen LogP) is 9.39. The van der Waals surface area contributed by atoms with Crippen LogP contribution in [0.3, 0.4) is 0 Å². The molecule has 2 aromatic carbocycles. The Labute approximate surface area is 223 Å². The summed E-state index contributed by atoms with van der Waals surface area (Å²) >= 11 is 0. The molecule has 0 saturated heterocycles. The number of hydrogen-bond donors (Lipinski definition) is 1. The van der Waals surface area contributed by atoms with Crippen molar-refractivity contribution >= 4 is 17.4 Å². The second kappa shape index (κ2) is 18.9. The molecule has 5 heteroatoms. The molecule has 0 aliphatic rings. The van der Waals surface area contributed by atoms with Crippen molar-refractivity contribution in [2.75, 3.05) is 18.5 Å². The fraction of sp³-hybridized carbons (Fsp3) is 0.613. The van der Waals surface area contributed by atoms with Gasteiger partial charge in [-0.15, -0.1) is 0 Å². The zero-order valence-corrected chi connectivity index (χ0v) is 25.3. The molecule has 0 aromatic heterocycles. The van der Waals surface area contributed by atoms with Crippen LogP contribution in [0.1, 0.15) is 103 Å². The second-order valence-electron chi connectivity index (χ2n) is 10.4. The van der Waals surface area contributed by atoms with Crippen LogP contribution in [0.4, 0.5) is 0 Å². The SMILES string of the molecule is CCCCCCc1ccccc1S(=O)(=O)O.CCCC[PH](CCCC)(CCCC)Cc1ccccc1. The number of benzene rings is 2. The molecular formula is C31H53O3PS. The number of hydrogen-bond acceptors (Lipinski definition) is 2. The van der Waals surface area contributed by atoms with Gasteiger partial charge in [0.05, 0.1) is 4.90 Å². The van der Waals surface area contributed by atoms with Gasteiger partial charge >= 0.3 is 127 Å². The molecule has 0 aliphatic carbocycles. The van der Waals surface area contributed by atoms with Crippen LogP contribution in [-0.4, -0.2) is 31.5 Å². The average molecular weight is 537 g/mol. The Morgan fingerprint density at radius 1 is 0.639 bits per heavy atom. The van der Waals surface area contributed by atoms with Gasteiger partial charge in [0.2, 0.25) is 0 Å². The van der Waals surface area contributed by atoms with E-state index in [1.807, 2.05) is 0 Å². The Hall–Kier alpha value is -1.22. The van der Waals surface area contributed by atoms with Gasteiger partial charge in [0.15, 0.2) is 0 Å². The zero-order valence-electron chi connectivity index (χ0n) is 23.5. The maximum absolute atomic E-state index is 11.1. The molecule has 0 fully saturated rings.